The second-order valence-corrected chi connectivity index (χ2v) is 5.97. The summed E-state index contributed by atoms with van der Waals surface area (Å²) in [4.78, 5) is 13.9. The van der Waals surface area contributed by atoms with E-state index in [1.165, 1.54) is 12.0 Å². The van der Waals surface area contributed by atoms with Gasteiger partial charge in [-0.05, 0) is 39.8 Å². The van der Waals surface area contributed by atoms with Crippen LogP contribution in [0, 0.1) is 6.92 Å². The van der Waals surface area contributed by atoms with Crippen molar-refractivity contribution >= 4 is 11.6 Å². The van der Waals surface area contributed by atoms with Gasteiger partial charge in [0.15, 0.2) is 0 Å². The van der Waals surface area contributed by atoms with E-state index >= 15 is 0 Å². The first-order chi connectivity index (χ1) is 10.2. The topological polar surface area (TPSA) is 44.3 Å². The summed E-state index contributed by atoms with van der Waals surface area (Å²) in [7, 11) is 2.22. The average molecular weight is 291 g/mol. The number of aromatic nitrogens is 2. The molecule has 2 heterocycles. The molecule has 1 saturated heterocycles. The van der Waals surface area contributed by atoms with E-state index in [1.807, 2.05) is 0 Å². The van der Waals surface area contributed by atoms with Gasteiger partial charge in [-0.1, -0.05) is 13.8 Å². The molecular weight excluding hydrogens is 262 g/mol. The molecule has 2 rings (SSSR count). The standard InChI is InChI=1S/C16H29N5/c1-5-8-17-15-13(3)16(19-12-18-15)21-10-7-9-20(4)11-14(21)6-2/h12,14H,5-11H2,1-4H3,(H,17,18,19). The molecule has 21 heavy (non-hydrogen) atoms. The summed E-state index contributed by atoms with van der Waals surface area (Å²) >= 11 is 0. The molecule has 1 atom stereocenters. The van der Waals surface area contributed by atoms with Crippen LogP contribution in [0.5, 0.6) is 0 Å². The zero-order valence-corrected chi connectivity index (χ0v) is 13.9. The first-order valence-electron chi connectivity index (χ1n) is 8.18. The van der Waals surface area contributed by atoms with Crippen LogP contribution >= 0.6 is 0 Å². The molecule has 1 N–H and O–H groups in total. The van der Waals surface area contributed by atoms with Crippen LogP contribution in [0.25, 0.3) is 0 Å². The van der Waals surface area contributed by atoms with Crippen LogP contribution in [0.15, 0.2) is 6.33 Å². The Morgan fingerprint density at radius 2 is 2.10 bits per heavy atom. The number of anilines is 2. The van der Waals surface area contributed by atoms with Gasteiger partial charge in [0, 0.05) is 31.2 Å². The van der Waals surface area contributed by atoms with Gasteiger partial charge in [0.1, 0.15) is 18.0 Å². The molecular formula is C16H29N5. The Morgan fingerprint density at radius 1 is 1.29 bits per heavy atom. The molecule has 0 radical (unpaired) electrons. The summed E-state index contributed by atoms with van der Waals surface area (Å²) in [5, 5.41) is 3.41. The zero-order valence-electron chi connectivity index (χ0n) is 13.9. The Hall–Kier alpha value is -1.36. The predicted molar refractivity (Wildman–Crippen MR) is 89.1 cm³/mol. The smallest absolute Gasteiger partial charge is 0.137 e. The largest absolute Gasteiger partial charge is 0.370 e. The van der Waals surface area contributed by atoms with Crippen molar-refractivity contribution in [2.45, 2.75) is 46.1 Å². The fraction of sp³-hybridized carbons (Fsp3) is 0.750. The van der Waals surface area contributed by atoms with Crippen molar-refractivity contribution in [1.82, 2.24) is 14.9 Å². The third kappa shape index (κ3) is 3.84. The molecule has 1 fully saturated rings. The maximum absolute atomic E-state index is 4.59. The summed E-state index contributed by atoms with van der Waals surface area (Å²) in [6.45, 7) is 10.9. The molecule has 1 aromatic heterocycles. The van der Waals surface area contributed by atoms with Crippen LogP contribution in [0.4, 0.5) is 11.6 Å². The number of likely N-dealkylation sites (N-methyl/N-ethyl adjacent to an activating group) is 1. The lowest BCUT2D eigenvalue weighted by atomic mass is 10.1. The van der Waals surface area contributed by atoms with E-state index in [1.54, 1.807) is 6.33 Å². The molecule has 0 spiro atoms. The van der Waals surface area contributed by atoms with Crippen LogP contribution < -0.4 is 10.2 Å². The summed E-state index contributed by atoms with van der Waals surface area (Å²) in [6, 6.07) is 0.533. The fourth-order valence-corrected chi connectivity index (χ4v) is 3.02. The van der Waals surface area contributed by atoms with Gasteiger partial charge in [-0.25, -0.2) is 9.97 Å². The van der Waals surface area contributed by atoms with Crippen molar-refractivity contribution in [3.05, 3.63) is 11.9 Å². The van der Waals surface area contributed by atoms with E-state index in [0.29, 0.717) is 6.04 Å². The quantitative estimate of drug-likeness (QED) is 0.903. The van der Waals surface area contributed by atoms with Crippen molar-refractivity contribution in [2.24, 2.45) is 0 Å². The van der Waals surface area contributed by atoms with Gasteiger partial charge in [-0.3, -0.25) is 0 Å². The molecule has 0 saturated carbocycles. The highest BCUT2D eigenvalue weighted by atomic mass is 15.3. The van der Waals surface area contributed by atoms with Gasteiger partial charge >= 0.3 is 0 Å². The second kappa shape index (κ2) is 7.59. The summed E-state index contributed by atoms with van der Waals surface area (Å²) < 4.78 is 0. The lowest BCUT2D eigenvalue weighted by molar-refractivity contribution is 0.327. The average Bonchev–Trinajstić information content (AvgIpc) is 2.67. The Bertz CT molecular complexity index is 448. The lowest BCUT2D eigenvalue weighted by Crippen LogP contribution is -2.40. The predicted octanol–water partition coefficient (Wildman–Crippen LogP) is 2.53. The number of nitrogens with one attached hydrogen (secondary N) is 1. The third-order valence-corrected chi connectivity index (χ3v) is 4.25. The van der Waals surface area contributed by atoms with Gasteiger partial charge in [0.2, 0.25) is 0 Å². The minimum atomic E-state index is 0.533. The highest BCUT2D eigenvalue weighted by Gasteiger charge is 2.25. The SMILES string of the molecule is CCCNc1ncnc(N2CCCN(C)CC2CC)c1C. The second-order valence-electron chi connectivity index (χ2n) is 5.97. The summed E-state index contributed by atoms with van der Waals surface area (Å²) in [6.07, 6.45) is 5.13. The van der Waals surface area contributed by atoms with E-state index in [2.05, 4.69) is 52.9 Å². The van der Waals surface area contributed by atoms with Gasteiger partial charge < -0.3 is 15.1 Å². The Labute approximate surface area is 128 Å². The molecule has 0 bridgehead atoms. The molecule has 0 aromatic carbocycles. The highest BCUT2D eigenvalue weighted by Crippen LogP contribution is 2.26. The third-order valence-electron chi connectivity index (χ3n) is 4.25. The van der Waals surface area contributed by atoms with Crippen LogP contribution in [0.1, 0.15) is 38.7 Å². The van der Waals surface area contributed by atoms with Crippen molar-refractivity contribution in [1.29, 1.82) is 0 Å². The molecule has 1 aromatic rings. The summed E-state index contributed by atoms with van der Waals surface area (Å²) in [5.41, 5.74) is 1.17. The monoisotopic (exact) mass is 291 g/mol. The van der Waals surface area contributed by atoms with Crippen molar-refractivity contribution in [2.75, 3.05) is 43.4 Å². The fourth-order valence-electron chi connectivity index (χ4n) is 3.02. The van der Waals surface area contributed by atoms with E-state index in [9.17, 15) is 0 Å². The Morgan fingerprint density at radius 3 is 2.81 bits per heavy atom. The van der Waals surface area contributed by atoms with E-state index in [-0.39, 0.29) is 0 Å². The van der Waals surface area contributed by atoms with Gasteiger partial charge in [0.25, 0.3) is 0 Å². The van der Waals surface area contributed by atoms with Gasteiger partial charge in [-0.2, -0.15) is 0 Å². The molecule has 1 unspecified atom stereocenters. The van der Waals surface area contributed by atoms with Crippen LogP contribution in [-0.2, 0) is 0 Å². The molecule has 0 amide bonds. The highest BCUT2D eigenvalue weighted by molar-refractivity contribution is 5.58. The maximum atomic E-state index is 4.59. The molecule has 1 aliphatic rings. The van der Waals surface area contributed by atoms with Crippen LogP contribution in [-0.4, -0.2) is 54.1 Å². The van der Waals surface area contributed by atoms with E-state index in [0.717, 1.165) is 50.7 Å². The number of rotatable bonds is 5. The zero-order chi connectivity index (χ0) is 15.2. The van der Waals surface area contributed by atoms with Crippen molar-refractivity contribution in [3.8, 4) is 0 Å². The molecule has 5 nitrogen and oxygen atoms in total. The first-order valence-corrected chi connectivity index (χ1v) is 8.18. The van der Waals surface area contributed by atoms with E-state index < -0.39 is 0 Å². The van der Waals surface area contributed by atoms with Gasteiger partial charge in [-0.15, -0.1) is 0 Å². The molecule has 5 heteroatoms. The molecule has 0 aliphatic carbocycles. The number of hydrogen-bond donors (Lipinski definition) is 1. The van der Waals surface area contributed by atoms with Gasteiger partial charge in [0.05, 0.1) is 0 Å². The molecule has 1 aliphatic heterocycles. The van der Waals surface area contributed by atoms with Crippen molar-refractivity contribution < 1.29 is 0 Å². The van der Waals surface area contributed by atoms with E-state index in [4.69, 9.17) is 0 Å². The lowest BCUT2D eigenvalue weighted by Gasteiger charge is -2.32. The minimum Gasteiger partial charge on any atom is -0.370 e. The van der Waals surface area contributed by atoms with Crippen molar-refractivity contribution in [3.63, 3.8) is 0 Å². The number of nitrogens with zero attached hydrogens (tertiary/aromatic N) is 4. The number of hydrogen-bond acceptors (Lipinski definition) is 5. The van der Waals surface area contributed by atoms with Crippen LogP contribution in [0.3, 0.4) is 0 Å². The normalized spacial score (nSPS) is 20.4. The molecule has 118 valence electrons. The summed E-state index contributed by atoms with van der Waals surface area (Å²) in [5.74, 6) is 2.08. The maximum Gasteiger partial charge on any atom is 0.137 e. The first kappa shape index (κ1) is 16.0. The Balaban J connectivity index is 2.26. The Kier molecular flexibility index (Phi) is 5.79. The van der Waals surface area contributed by atoms with Crippen LogP contribution in [0.2, 0.25) is 0 Å². The minimum absolute atomic E-state index is 0.533.